The van der Waals surface area contributed by atoms with E-state index in [1.807, 2.05) is 11.8 Å². The first kappa shape index (κ1) is 16.0. The monoisotopic (exact) mass is 318 g/mol. The maximum Gasteiger partial charge on any atom is 0.417 e. The molecule has 0 saturated carbocycles. The summed E-state index contributed by atoms with van der Waals surface area (Å²) < 4.78 is 45.0. The van der Waals surface area contributed by atoms with Crippen LogP contribution >= 0.6 is 12.2 Å². The third-order valence-corrected chi connectivity index (χ3v) is 3.75. The van der Waals surface area contributed by atoms with Crippen molar-refractivity contribution >= 4 is 22.9 Å². The number of halogens is 3. The molecule has 1 aromatic carbocycles. The summed E-state index contributed by atoms with van der Waals surface area (Å²) >= 11 is 4.70. The summed E-state index contributed by atoms with van der Waals surface area (Å²) in [6.07, 6.45) is -3.61. The maximum absolute atomic E-state index is 13.1. The summed E-state index contributed by atoms with van der Waals surface area (Å²) in [7, 11) is 0. The molecule has 1 aliphatic rings. The number of hydrogen-bond acceptors (Lipinski definition) is 3. The van der Waals surface area contributed by atoms with E-state index in [1.54, 1.807) is 6.07 Å². The topological polar surface area (TPSA) is 38.5 Å². The zero-order valence-corrected chi connectivity index (χ0v) is 12.4. The predicted molar refractivity (Wildman–Crippen MR) is 79.6 cm³/mol. The van der Waals surface area contributed by atoms with Gasteiger partial charge in [-0.15, -0.1) is 0 Å². The highest BCUT2D eigenvalue weighted by Gasteiger charge is 2.35. The summed E-state index contributed by atoms with van der Waals surface area (Å²) in [5.41, 5.74) is 4.98. The molecule has 3 nitrogen and oxygen atoms in total. The molecular formula is C14H17F3N2OS. The normalized spacial score (nSPS) is 19.6. The fourth-order valence-electron chi connectivity index (χ4n) is 2.38. The Morgan fingerprint density at radius 2 is 2.19 bits per heavy atom. The van der Waals surface area contributed by atoms with Gasteiger partial charge in [-0.1, -0.05) is 19.1 Å². The second-order valence-electron chi connectivity index (χ2n) is 4.94. The van der Waals surface area contributed by atoms with Gasteiger partial charge in [-0.3, -0.25) is 0 Å². The highest BCUT2D eigenvalue weighted by atomic mass is 32.1. The van der Waals surface area contributed by atoms with E-state index >= 15 is 0 Å². The SMILES string of the molecule is CCC1CN(c2ccc(C(N)=S)c(C(F)(F)F)c2)CCO1. The van der Waals surface area contributed by atoms with Gasteiger partial charge in [0.25, 0.3) is 0 Å². The van der Waals surface area contributed by atoms with Gasteiger partial charge in [0.05, 0.1) is 18.3 Å². The number of alkyl halides is 3. The van der Waals surface area contributed by atoms with Gasteiger partial charge < -0.3 is 15.4 Å². The third kappa shape index (κ3) is 3.65. The average Bonchev–Trinajstić information content (AvgIpc) is 2.45. The highest BCUT2D eigenvalue weighted by Crippen LogP contribution is 2.35. The van der Waals surface area contributed by atoms with Gasteiger partial charge in [0.2, 0.25) is 0 Å². The second kappa shape index (κ2) is 6.19. The maximum atomic E-state index is 13.1. The average molecular weight is 318 g/mol. The Hall–Kier alpha value is -1.34. The fraction of sp³-hybridized carbons (Fsp3) is 0.500. The number of anilines is 1. The summed E-state index contributed by atoms with van der Waals surface area (Å²) in [5.74, 6) is 0. The molecule has 2 N–H and O–H groups in total. The first-order valence-corrected chi connectivity index (χ1v) is 7.11. The van der Waals surface area contributed by atoms with E-state index in [0.29, 0.717) is 25.4 Å². The van der Waals surface area contributed by atoms with Crippen molar-refractivity contribution in [1.82, 2.24) is 0 Å². The number of morpholine rings is 1. The van der Waals surface area contributed by atoms with E-state index < -0.39 is 11.7 Å². The van der Waals surface area contributed by atoms with Crippen LogP contribution in [0.25, 0.3) is 0 Å². The minimum atomic E-state index is -4.48. The molecule has 1 fully saturated rings. The number of benzene rings is 1. The Bertz CT molecular complexity index is 533. The Morgan fingerprint density at radius 1 is 1.48 bits per heavy atom. The number of nitrogens with zero attached hydrogens (tertiary/aromatic N) is 1. The zero-order valence-electron chi connectivity index (χ0n) is 11.6. The lowest BCUT2D eigenvalue weighted by Gasteiger charge is -2.34. The molecule has 0 aliphatic carbocycles. The van der Waals surface area contributed by atoms with Crippen molar-refractivity contribution in [1.29, 1.82) is 0 Å². The van der Waals surface area contributed by atoms with Crippen LogP contribution in [0.3, 0.4) is 0 Å². The van der Waals surface area contributed by atoms with E-state index in [-0.39, 0.29) is 16.7 Å². The molecule has 2 rings (SSSR count). The minimum Gasteiger partial charge on any atom is -0.389 e. The zero-order chi connectivity index (χ0) is 15.6. The molecule has 7 heteroatoms. The van der Waals surface area contributed by atoms with E-state index in [1.165, 1.54) is 6.07 Å². The Labute approximate surface area is 126 Å². The molecule has 1 atom stereocenters. The van der Waals surface area contributed by atoms with Crippen LogP contribution in [0, 0.1) is 0 Å². The first-order valence-electron chi connectivity index (χ1n) is 6.70. The van der Waals surface area contributed by atoms with Gasteiger partial charge in [-0.25, -0.2) is 0 Å². The van der Waals surface area contributed by atoms with Gasteiger partial charge in [-0.05, 0) is 24.6 Å². The van der Waals surface area contributed by atoms with Crippen molar-refractivity contribution < 1.29 is 17.9 Å². The second-order valence-corrected chi connectivity index (χ2v) is 5.38. The number of ether oxygens (including phenoxy) is 1. The van der Waals surface area contributed by atoms with Gasteiger partial charge in [-0.2, -0.15) is 13.2 Å². The minimum absolute atomic E-state index is 0.0448. The number of hydrogen-bond donors (Lipinski definition) is 1. The van der Waals surface area contributed by atoms with Crippen LogP contribution in [0.5, 0.6) is 0 Å². The van der Waals surface area contributed by atoms with E-state index in [4.69, 9.17) is 22.7 Å². The van der Waals surface area contributed by atoms with Crippen LogP contribution < -0.4 is 10.6 Å². The lowest BCUT2D eigenvalue weighted by Crippen LogP contribution is -2.42. The molecule has 21 heavy (non-hydrogen) atoms. The fourth-order valence-corrected chi connectivity index (χ4v) is 2.56. The number of nitrogens with two attached hydrogens (primary N) is 1. The molecular weight excluding hydrogens is 301 g/mol. The first-order chi connectivity index (χ1) is 9.82. The van der Waals surface area contributed by atoms with Crippen LogP contribution in [0.4, 0.5) is 18.9 Å². The molecule has 1 aliphatic heterocycles. The largest absolute Gasteiger partial charge is 0.417 e. The Balaban J connectivity index is 2.35. The van der Waals surface area contributed by atoms with Gasteiger partial charge in [0.1, 0.15) is 4.99 Å². The predicted octanol–water partition coefficient (Wildman–Crippen LogP) is 2.95. The van der Waals surface area contributed by atoms with Crippen molar-refractivity contribution in [2.24, 2.45) is 5.73 Å². The van der Waals surface area contributed by atoms with E-state index in [9.17, 15) is 13.2 Å². The molecule has 0 spiro atoms. The number of rotatable bonds is 3. The van der Waals surface area contributed by atoms with Crippen LogP contribution in [0.2, 0.25) is 0 Å². The summed E-state index contributed by atoms with van der Waals surface area (Å²) in [6.45, 7) is 3.66. The van der Waals surface area contributed by atoms with E-state index in [0.717, 1.165) is 12.5 Å². The van der Waals surface area contributed by atoms with Crippen LogP contribution in [-0.4, -0.2) is 30.8 Å². The smallest absolute Gasteiger partial charge is 0.389 e. The number of thiocarbonyl (C=S) groups is 1. The van der Waals surface area contributed by atoms with E-state index in [2.05, 4.69) is 0 Å². The molecule has 0 radical (unpaired) electrons. The molecule has 1 saturated heterocycles. The molecule has 0 aromatic heterocycles. The molecule has 1 aromatic rings. The van der Waals surface area contributed by atoms with Crippen molar-refractivity contribution in [2.75, 3.05) is 24.6 Å². The van der Waals surface area contributed by atoms with Crippen molar-refractivity contribution in [3.05, 3.63) is 29.3 Å². The highest BCUT2D eigenvalue weighted by molar-refractivity contribution is 7.80. The molecule has 0 amide bonds. The van der Waals surface area contributed by atoms with Crippen LogP contribution in [0.15, 0.2) is 18.2 Å². The quantitative estimate of drug-likeness (QED) is 0.870. The summed E-state index contributed by atoms with van der Waals surface area (Å²) in [4.78, 5) is 1.65. The van der Waals surface area contributed by atoms with Crippen molar-refractivity contribution in [3.8, 4) is 0 Å². The summed E-state index contributed by atoms with van der Waals surface area (Å²) in [6, 6.07) is 4.09. The standard InChI is InChI=1S/C14H17F3N2OS/c1-2-10-8-19(5-6-20-10)9-3-4-11(13(18)21)12(7-9)14(15,16)17/h3-4,7,10H,2,5-6,8H2,1H3,(H2,18,21). The van der Waals surface area contributed by atoms with Gasteiger partial charge >= 0.3 is 6.18 Å². The molecule has 0 bridgehead atoms. The van der Waals surface area contributed by atoms with Crippen LogP contribution in [-0.2, 0) is 10.9 Å². The molecule has 1 heterocycles. The van der Waals surface area contributed by atoms with Gasteiger partial charge in [0, 0.05) is 24.3 Å². The molecule has 116 valence electrons. The lowest BCUT2D eigenvalue weighted by atomic mass is 10.0. The molecule has 1 unspecified atom stereocenters. The van der Waals surface area contributed by atoms with Crippen molar-refractivity contribution in [2.45, 2.75) is 25.6 Å². The Morgan fingerprint density at radius 3 is 2.76 bits per heavy atom. The Kier molecular flexibility index (Phi) is 4.73. The van der Waals surface area contributed by atoms with Crippen molar-refractivity contribution in [3.63, 3.8) is 0 Å². The summed E-state index contributed by atoms with van der Waals surface area (Å²) in [5, 5.41) is 0. The van der Waals surface area contributed by atoms with Gasteiger partial charge in [0.15, 0.2) is 0 Å². The lowest BCUT2D eigenvalue weighted by molar-refractivity contribution is -0.137. The third-order valence-electron chi connectivity index (χ3n) is 3.53. The van der Waals surface area contributed by atoms with Crippen LogP contribution in [0.1, 0.15) is 24.5 Å².